The largest absolute Gasteiger partial charge is 0.453 e. The number of carbonyl (C=O) groups excluding carboxylic acids is 2. The number of amides is 2. The van der Waals surface area contributed by atoms with Crippen LogP contribution >= 0.6 is 0 Å². The molecule has 2 amide bonds. The number of hydrogen-bond acceptors (Lipinski definition) is 4. The van der Waals surface area contributed by atoms with Crippen LogP contribution in [0, 0.1) is 11.6 Å². The van der Waals surface area contributed by atoms with Crippen LogP contribution in [0.4, 0.5) is 19.3 Å². The molecule has 0 saturated carbocycles. The molecular weight excluding hydrogens is 284 g/mol. The highest BCUT2D eigenvalue weighted by Crippen LogP contribution is 2.20. The van der Waals surface area contributed by atoms with Gasteiger partial charge in [-0.3, -0.25) is 4.79 Å². The molecule has 6 nitrogen and oxygen atoms in total. The molecule has 2 rings (SSSR count). The van der Waals surface area contributed by atoms with E-state index in [1.54, 1.807) is 0 Å². The fraction of sp³-hybridized carbons (Fsp3) is 0.385. The first-order valence-electron chi connectivity index (χ1n) is 6.30. The minimum atomic E-state index is -0.934. The molecule has 0 aliphatic carbocycles. The maximum absolute atomic E-state index is 13.8. The summed E-state index contributed by atoms with van der Waals surface area (Å²) in [6.45, 7) is 0.962. The number of anilines is 1. The van der Waals surface area contributed by atoms with Crippen LogP contribution in [0.3, 0.4) is 0 Å². The highest BCUT2D eigenvalue weighted by molar-refractivity contribution is 5.95. The third-order valence-electron chi connectivity index (χ3n) is 3.30. The topological polar surface area (TPSA) is 75.9 Å². The van der Waals surface area contributed by atoms with Crippen molar-refractivity contribution >= 4 is 17.7 Å². The summed E-state index contributed by atoms with van der Waals surface area (Å²) < 4.78 is 31.7. The van der Waals surface area contributed by atoms with Crippen LogP contribution in [-0.4, -0.2) is 55.1 Å². The average molecular weight is 299 g/mol. The molecule has 1 aromatic rings. The third-order valence-corrected chi connectivity index (χ3v) is 3.30. The molecule has 0 unspecified atom stereocenters. The van der Waals surface area contributed by atoms with Crippen LogP contribution in [0.1, 0.15) is 10.4 Å². The Morgan fingerprint density at radius 1 is 1.14 bits per heavy atom. The van der Waals surface area contributed by atoms with E-state index in [1.165, 1.54) is 16.9 Å². The van der Waals surface area contributed by atoms with Gasteiger partial charge >= 0.3 is 6.09 Å². The summed E-state index contributed by atoms with van der Waals surface area (Å²) in [7, 11) is 1.27. The van der Waals surface area contributed by atoms with Gasteiger partial charge in [0.05, 0.1) is 18.4 Å². The molecule has 1 aliphatic rings. The van der Waals surface area contributed by atoms with Gasteiger partial charge in [-0.05, 0) is 12.1 Å². The van der Waals surface area contributed by atoms with Gasteiger partial charge < -0.3 is 20.3 Å². The highest BCUT2D eigenvalue weighted by Gasteiger charge is 2.27. The minimum Gasteiger partial charge on any atom is -0.453 e. The van der Waals surface area contributed by atoms with Crippen LogP contribution in [0.25, 0.3) is 0 Å². The van der Waals surface area contributed by atoms with E-state index in [0.29, 0.717) is 0 Å². The van der Waals surface area contributed by atoms with Crippen molar-refractivity contribution in [1.29, 1.82) is 0 Å². The van der Waals surface area contributed by atoms with E-state index in [9.17, 15) is 18.4 Å². The lowest BCUT2D eigenvalue weighted by Gasteiger charge is -2.33. The zero-order valence-corrected chi connectivity index (χ0v) is 11.4. The van der Waals surface area contributed by atoms with Crippen molar-refractivity contribution in [2.24, 2.45) is 0 Å². The Morgan fingerprint density at radius 2 is 1.71 bits per heavy atom. The molecule has 8 heteroatoms. The third kappa shape index (κ3) is 3.04. The summed E-state index contributed by atoms with van der Waals surface area (Å²) in [6, 6.07) is 1.64. The lowest BCUT2D eigenvalue weighted by molar-refractivity contribution is 0.0595. The van der Waals surface area contributed by atoms with Gasteiger partial charge in [0.1, 0.15) is 5.82 Å². The fourth-order valence-electron chi connectivity index (χ4n) is 2.16. The Balaban J connectivity index is 2.11. The second kappa shape index (κ2) is 5.94. The normalized spacial score (nSPS) is 15.0. The van der Waals surface area contributed by atoms with Crippen LogP contribution in [0.5, 0.6) is 0 Å². The summed E-state index contributed by atoms with van der Waals surface area (Å²) in [5.74, 6) is -2.36. The first-order valence-corrected chi connectivity index (χ1v) is 6.30. The lowest BCUT2D eigenvalue weighted by atomic mass is 10.1. The maximum atomic E-state index is 13.8. The van der Waals surface area contributed by atoms with E-state index < -0.39 is 34.9 Å². The molecule has 1 aromatic carbocycles. The molecule has 114 valence electrons. The van der Waals surface area contributed by atoms with Gasteiger partial charge in [-0.25, -0.2) is 13.6 Å². The SMILES string of the molecule is COC(=O)N1CCN(C(=O)c2cc(F)cc(N)c2F)CC1. The van der Waals surface area contributed by atoms with Gasteiger partial charge in [0.2, 0.25) is 0 Å². The second-order valence-corrected chi connectivity index (χ2v) is 4.61. The number of piperazine rings is 1. The molecule has 0 bridgehead atoms. The van der Waals surface area contributed by atoms with Crippen LogP contribution in [0.15, 0.2) is 12.1 Å². The first-order chi connectivity index (χ1) is 9.93. The predicted octanol–water partition coefficient (Wildman–Crippen LogP) is 1.07. The molecule has 1 heterocycles. The van der Waals surface area contributed by atoms with E-state index in [4.69, 9.17) is 5.73 Å². The van der Waals surface area contributed by atoms with E-state index >= 15 is 0 Å². The summed E-state index contributed by atoms with van der Waals surface area (Å²) in [6.07, 6.45) is -0.483. The molecule has 0 radical (unpaired) electrons. The number of ether oxygens (including phenoxy) is 1. The zero-order valence-electron chi connectivity index (χ0n) is 11.4. The van der Waals surface area contributed by atoms with E-state index in [0.717, 1.165) is 12.1 Å². The Labute approximate surface area is 120 Å². The van der Waals surface area contributed by atoms with Gasteiger partial charge in [0, 0.05) is 26.2 Å². The molecule has 1 fully saturated rings. The van der Waals surface area contributed by atoms with Gasteiger partial charge in [-0.2, -0.15) is 0 Å². The Morgan fingerprint density at radius 3 is 2.29 bits per heavy atom. The molecule has 0 atom stereocenters. The number of benzene rings is 1. The van der Waals surface area contributed by atoms with E-state index in [1.807, 2.05) is 0 Å². The molecule has 0 aromatic heterocycles. The minimum absolute atomic E-state index is 0.212. The molecule has 21 heavy (non-hydrogen) atoms. The zero-order chi connectivity index (χ0) is 15.6. The molecule has 2 N–H and O–H groups in total. The highest BCUT2D eigenvalue weighted by atomic mass is 19.1. The molecular formula is C13H15F2N3O3. The number of methoxy groups -OCH3 is 1. The van der Waals surface area contributed by atoms with Crippen LogP contribution < -0.4 is 5.73 Å². The predicted molar refractivity (Wildman–Crippen MR) is 70.7 cm³/mol. The van der Waals surface area contributed by atoms with Crippen molar-refractivity contribution in [2.75, 3.05) is 39.0 Å². The summed E-state index contributed by atoms with van der Waals surface area (Å²) in [4.78, 5) is 26.3. The Hall–Kier alpha value is -2.38. The second-order valence-electron chi connectivity index (χ2n) is 4.61. The molecule has 0 spiro atoms. The average Bonchev–Trinajstić information content (AvgIpc) is 2.49. The number of rotatable bonds is 1. The smallest absolute Gasteiger partial charge is 0.409 e. The summed E-state index contributed by atoms with van der Waals surface area (Å²) in [5.41, 5.74) is 4.50. The number of nitrogens with zero attached hydrogens (tertiary/aromatic N) is 2. The van der Waals surface area contributed by atoms with Crippen molar-refractivity contribution in [3.8, 4) is 0 Å². The van der Waals surface area contributed by atoms with E-state index in [2.05, 4.69) is 4.74 Å². The molecule has 1 aliphatic heterocycles. The van der Waals surface area contributed by atoms with Crippen molar-refractivity contribution in [2.45, 2.75) is 0 Å². The monoisotopic (exact) mass is 299 g/mol. The standard InChI is InChI=1S/C13H15F2N3O3/c1-21-13(20)18-4-2-17(3-5-18)12(19)9-6-8(14)7-10(16)11(9)15/h6-7H,2-5,16H2,1H3. The van der Waals surface area contributed by atoms with Crippen molar-refractivity contribution < 1.29 is 23.1 Å². The van der Waals surface area contributed by atoms with Crippen molar-refractivity contribution in [3.05, 3.63) is 29.3 Å². The lowest BCUT2D eigenvalue weighted by Crippen LogP contribution is -2.50. The fourth-order valence-corrected chi connectivity index (χ4v) is 2.16. The number of halogens is 2. The molecule has 1 saturated heterocycles. The Bertz CT molecular complexity index is 572. The van der Waals surface area contributed by atoms with Gasteiger partial charge in [-0.1, -0.05) is 0 Å². The van der Waals surface area contributed by atoms with Crippen LogP contribution in [-0.2, 0) is 4.74 Å². The maximum Gasteiger partial charge on any atom is 0.409 e. The van der Waals surface area contributed by atoms with Gasteiger partial charge in [0.15, 0.2) is 5.82 Å². The summed E-state index contributed by atoms with van der Waals surface area (Å²) in [5, 5.41) is 0. The van der Waals surface area contributed by atoms with Crippen molar-refractivity contribution in [1.82, 2.24) is 9.80 Å². The Kier molecular flexibility index (Phi) is 4.25. The number of carbonyl (C=O) groups is 2. The van der Waals surface area contributed by atoms with Gasteiger partial charge in [0.25, 0.3) is 5.91 Å². The summed E-state index contributed by atoms with van der Waals surface area (Å²) >= 11 is 0. The quantitative estimate of drug-likeness (QED) is 0.787. The first kappa shape index (κ1) is 15.0. The van der Waals surface area contributed by atoms with Crippen molar-refractivity contribution in [3.63, 3.8) is 0 Å². The van der Waals surface area contributed by atoms with E-state index in [-0.39, 0.29) is 26.2 Å². The number of nitrogen functional groups attached to an aromatic ring is 1. The number of nitrogens with two attached hydrogens (primary N) is 1. The van der Waals surface area contributed by atoms with Crippen LogP contribution in [0.2, 0.25) is 0 Å². The number of hydrogen-bond donors (Lipinski definition) is 1. The van der Waals surface area contributed by atoms with Gasteiger partial charge in [-0.15, -0.1) is 0 Å².